The molecule has 0 unspecified atom stereocenters. The van der Waals surface area contributed by atoms with Crippen LogP contribution in [-0.2, 0) is 10.6 Å². The minimum absolute atomic E-state index is 0.276. The molecule has 0 bridgehead atoms. The van der Waals surface area contributed by atoms with Crippen molar-refractivity contribution in [2.75, 3.05) is 31.7 Å². The van der Waals surface area contributed by atoms with Gasteiger partial charge in [0.25, 0.3) is 0 Å². The lowest BCUT2D eigenvalue weighted by molar-refractivity contribution is 0.0685. The molecule has 1 aliphatic rings. The average molecular weight is 273 g/mol. The first-order chi connectivity index (χ1) is 8.70. The second-order valence-electron chi connectivity index (χ2n) is 4.71. The van der Waals surface area contributed by atoms with Gasteiger partial charge < -0.3 is 9.64 Å². The van der Waals surface area contributed by atoms with Gasteiger partial charge in [-0.2, -0.15) is 0 Å². The van der Waals surface area contributed by atoms with Crippen molar-refractivity contribution in [3.8, 4) is 0 Å². The second-order valence-corrected chi connectivity index (χ2v) is 4.97. The number of alkyl halides is 1. The fraction of sp³-hybridized carbons (Fsp3) is 0.615. The van der Waals surface area contributed by atoms with E-state index in [-0.39, 0.29) is 11.7 Å². The van der Waals surface area contributed by atoms with Crippen molar-refractivity contribution in [2.24, 2.45) is 5.92 Å². The molecule has 5 heteroatoms. The lowest BCUT2D eigenvalue weighted by Gasteiger charge is -2.28. The molecule has 0 aliphatic carbocycles. The lowest BCUT2D eigenvalue weighted by atomic mass is 10.00. The number of nitrogens with zero attached hydrogens (tertiary/aromatic N) is 2. The Bertz CT molecular complexity index is 397. The van der Waals surface area contributed by atoms with Crippen LogP contribution in [-0.4, -0.2) is 31.8 Å². The number of pyridine rings is 1. The zero-order valence-corrected chi connectivity index (χ0v) is 11.3. The Morgan fingerprint density at radius 1 is 1.50 bits per heavy atom. The Hall–Kier alpha value is -0.870. The average Bonchev–Trinajstić information content (AvgIpc) is 2.39. The molecule has 1 aliphatic heterocycles. The molecule has 0 atom stereocenters. The van der Waals surface area contributed by atoms with E-state index in [9.17, 15) is 4.39 Å². The van der Waals surface area contributed by atoms with Crippen molar-refractivity contribution in [2.45, 2.75) is 18.7 Å². The molecule has 100 valence electrons. The van der Waals surface area contributed by atoms with Crippen LogP contribution in [0.2, 0.25) is 0 Å². The van der Waals surface area contributed by atoms with Crippen LogP contribution in [0.3, 0.4) is 0 Å². The van der Waals surface area contributed by atoms with E-state index < -0.39 is 0 Å². The molecule has 2 rings (SSSR count). The van der Waals surface area contributed by atoms with Crippen molar-refractivity contribution in [3.05, 3.63) is 23.6 Å². The molecule has 0 radical (unpaired) electrons. The molecule has 0 amide bonds. The molecule has 0 spiro atoms. The first-order valence-electron chi connectivity index (χ1n) is 6.20. The Morgan fingerprint density at radius 2 is 2.22 bits per heavy atom. The second kappa shape index (κ2) is 6.34. The van der Waals surface area contributed by atoms with Crippen LogP contribution < -0.4 is 4.90 Å². The molecule has 3 nitrogen and oxygen atoms in total. The van der Waals surface area contributed by atoms with Gasteiger partial charge in [-0.15, -0.1) is 11.6 Å². The largest absolute Gasteiger partial charge is 0.381 e. The minimum atomic E-state index is -0.339. The zero-order valence-electron chi connectivity index (χ0n) is 10.5. The van der Waals surface area contributed by atoms with Crippen molar-refractivity contribution < 1.29 is 9.13 Å². The molecule has 1 aromatic heterocycles. The number of hydrogen-bond acceptors (Lipinski definition) is 3. The number of anilines is 1. The van der Waals surface area contributed by atoms with Gasteiger partial charge in [-0.3, -0.25) is 0 Å². The third-order valence-electron chi connectivity index (χ3n) is 3.29. The van der Waals surface area contributed by atoms with Gasteiger partial charge in [-0.05, 0) is 24.8 Å². The first kappa shape index (κ1) is 13.6. The predicted octanol–water partition coefficient (Wildman–Crippen LogP) is 2.82. The van der Waals surface area contributed by atoms with Crippen LogP contribution in [0.4, 0.5) is 10.2 Å². The fourth-order valence-corrected chi connectivity index (χ4v) is 2.52. The molecule has 1 aromatic rings. The SMILES string of the molecule is CN(CC1CCOCC1)c1ncc(F)cc1CCl. The van der Waals surface area contributed by atoms with Crippen molar-refractivity contribution >= 4 is 17.4 Å². The van der Waals surface area contributed by atoms with Crippen LogP contribution in [0.1, 0.15) is 18.4 Å². The highest BCUT2D eigenvalue weighted by molar-refractivity contribution is 6.17. The molecular formula is C13H18ClFN2O. The predicted molar refractivity (Wildman–Crippen MR) is 70.6 cm³/mol. The summed E-state index contributed by atoms with van der Waals surface area (Å²) in [6.07, 6.45) is 3.38. The van der Waals surface area contributed by atoms with Crippen molar-refractivity contribution in [1.29, 1.82) is 0 Å². The maximum absolute atomic E-state index is 13.1. The van der Waals surface area contributed by atoms with Crippen LogP contribution in [0, 0.1) is 11.7 Å². The molecule has 0 saturated carbocycles. The highest BCUT2D eigenvalue weighted by Crippen LogP contribution is 2.23. The summed E-state index contributed by atoms with van der Waals surface area (Å²) < 4.78 is 18.4. The highest BCUT2D eigenvalue weighted by atomic mass is 35.5. The van der Waals surface area contributed by atoms with Crippen molar-refractivity contribution in [3.63, 3.8) is 0 Å². The summed E-state index contributed by atoms with van der Waals surface area (Å²) in [4.78, 5) is 6.21. The Labute approximate surface area is 112 Å². The first-order valence-corrected chi connectivity index (χ1v) is 6.73. The van der Waals surface area contributed by atoms with E-state index in [1.807, 2.05) is 7.05 Å². The van der Waals surface area contributed by atoms with Crippen molar-refractivity contribution in [1.82, 2.24) is 4.98 Å². The zero-order chi connectivity index (χ0) is 13.0. The summed E-state index contributed by atoms with van der Waals surface area (Å²) >= 11 is 5.84. The normalized spacial score (nSPS) is 16.8. The monoisotopic (exact) mass is 272 g/mol. The van der Waals surface area contributed by atoms with E-state index in [1.54, 1.807) is 0 Å². The molecule has 0 N–H and O–H groups in total. The fourth-order valence-electron chi connectivity index (χ4n) is 2.32. The van der Waals surface area contributed by atoms with E-state index in [1.165, 1.54) is 12.3 Å². The highest BCUT2D eigenvalue weighted by Gasteiger charge is 2.18. The standard InChI is InChI=1S/C13H18ClFN2O/c1-17(9-10-2-4-18-5-3-10)13-11(7-14)6-12(15)8-16-13/h6,8,10H,2-5,7,9H2,1H3. The Kier molecular flexibility index (Phi) is 4.78. The van der Waals surface area contributed by atoms with E-state index >= 15 is 0 Å². The number of aromatic nitrogens is 1. The number of halogens is 2. The van der Waals surface area contributed by atoms with Crippen LogP contribution >= 0.6 is 11.6 Å². The van der Waals surface area contributed by atoms with E-state index in [2.05, 4.69) is 9.88 Å². The van der Waals surface area contributed by atoms with Gasteiger partial charge in [0.15, 0.2) is 0 Å². The smallest absolute Gasteiger partial charge is 0.141 e. The van der Waals surface area contributed by atoms with E-state index in [4.69, 9.17) is 16.3 Å². The van der Waals surface area contributed by atoms with Gasteiger partial charge >= 0.3 is 0 Å². The van der Waals surface area contributed by atoms with Gasteiger partial charge in [-0.25, -0.2) is 9.37 Å². The third-order valence-corrected chi connectivity index (χ3v) is 3.58. The van der Waals surface area contributed by atoms with Gasteiger partial charge in [0, 0.05) is 32.4 Å². The van der Waals surface area contributed by atoms with Gasteiger partial charge in [-0.1, -0.05) is 0 Å². The van der Waals surface area contributed by atoms with E-state index in [0.717, 1.165) is 44.0 Å². The Balaban J connectivity index is 2.05. The summed E-state index contributed by atoms with van der Waals surface area (Å²) in [5, 5.41) is 0. The van der Waals surface area contributed by atoms with E-state index in [0.29, 0.717) is 5.92 Å². The maximum atomic E-state index is 13.1. The minimum Gasteiger partial charge on any atom is -0.381 e. The number of hydrogen-bond donors (Lipinski definition) is 0. The maximum Gasteiger partial charge on any atom is 0.141 e. The Morgan fingerprint density at radius 3 is 2.89 bits per heavy atom. The van der Waals surface area contributed by atoms with Crippen LogP contribution in [0.15, 0.2) is 12.3 Å². The molecule has 1 fully saturated rings. The van der Waals surface area contributed by atoms with Gasteiger partial charge in [0.2, 0.25) is 0 Å². The molecule has 2 heterocycles. The van der Waals surface area contributed by atoms with Gasteiger partial charge in [0.05, 0.1) is 12.1 Å². The number of ether oxygens (including phenoxy) is 1. The summed E-state index contributed by atoms with van der Waals surface area (Å²) in [5.74, 6) is 1.32. The molecule has 18 heavy (non-hydrogen) atoms. The topological polar surface area (TPSA) is 25.4 Å². The molecular weight excluding hydrogens is 255 g/mol. The van der Waals surface area contributed by atoms with Crippen LogP contribution in [0.25, 0.3) is 0 Å². The quantitative estimate of drug-likeness (QED) is 0.788. The van der Waals surface area contributed by atoms with Crippen LogP contribution in [0.5, 0.6) is 0 Å². The van der Waals surface area contributed by atoms with Gasteiger partial charge in [0.1, 0.15) is 11.6 Å². The lowest BCUT2D eigenvalue weighted by Crippen LogP contribution is -2.30. The number of rotatable bonds is 4. The summed E-state index contributed by atoms with van der Waals surface area (Å²) in [6.45, 7) is 2.57. The summed E-state index contributed by atoms with van der Waals surface area (Å²) in [7, 11) is 1.98. The summed E-state index contributed by atoms with van der Waals surface area (Å²) in [6, 6.07) is 1.45. The third kappa shape index (κ3) is 3.33. The molecule has 1 saturated heterocycles. The summed E-state index contributed by atoms with van der Waals surface area (Å²) in [5.41, 5.74) is 0.742. The molecule has 0 aromatic carbocycles.